The summed E-state index contributed by atoms with van der Waals surface area (Å²) in [6.07, 6.45) is -1.15. The van der Waals surface area contributed by atoms with Gasteiger partial charge in [-0.15, -0.1) is 0 Å². The van der Waals surface area contributed by atoms with Crippen LogP contribution in [0.2, 0.25) is 0 Å². The predicted octanol–water partition coefficient (Wildman–Crippen LogP) is 0.645. The molecular weight excluding hydrogens is 154 g/mol. The molecule has 3 nitrogen and oxygen atoms in total. The molecule has 66 valence electrons. The lowest BCUT2D eigenvalue weighted by molar-refractivity contribution is 0.177. The molecule has 1 atom stereocenters. The summed E-state index contributed by atoms with van der Waals surface area (Å²) in [5.41, 5.74) is -0.132. The van der Waals surface area contributed by atoms with Crippen molar-refractivity contribution >= 4 is 0 Å². The Morgan fingerprint density at radius 1 is 1.67 bits per heavy atom. The van der Waals surface area contributed by atoms with Gasteiger partial charge < -0.3 is 15.5 Å². The SMILES string of the molecule is [2H]c1c([2H])c(O)c([2H])c([C@@H](O)CNC)c1[2H]. The zero-order valence-corrected chi connectivity index (χ0v) is 6.68. The summed E-state index contributed by atoms with van der Waals surface area (Å²) >= 11 is 0. The summed E-state index contributed by atoms with van der Waals surface area (Å²) in [5.74, 6) is -0.675. The standard InChI is InChI=1S/C9H13NO2/c1-10-6-9(12)7-3-2-4-8(11)5-7/h2-5,9-12H,6H2,1H3/t9-/m0/s1/i2D,3D,4D,5D. The number of nitrogens with one attached hydrogen (secondary N) is 1. The minimum atomic E-state index is -1.15. The van der Waals surface area contributed by atoms with Crippen molar-refractivity contribution in [2.24, 2.45) is 0 Å². The molecule has 12 heavy (non-hydrogen) atoms. The van der Waals surface area contributed by atoms with Gasteiger partial charge in [-0.25, -0.2) is 0 Å². The third-order valence-electron chi connectivity index (χ3n) is 1.36. The van der Waals surface area contributed by atoms with Gasteiger partial charge in [0.2, 0.25) is 0 Å². The average Bonchev–Trinajstić information content (AvgIpc) is 2.24. The topological polar surface area (TPSA) is 52.5 Å². The number of benzene rings is 1. The number of rotatable bonds is 3. The third kappa shape index (κ3) is 2.22. The van der Waals surface area contributed by atoms with E-state index in [9.17, 15) is 10.2 Å². The quantitative estimate of drug-likeness (QED) is 0.625. The van der Waals surface area contributed by atoms with Crippen LogP contribution >= 0.6 is 0 Å². The van der Waals surface area contributed by atoms with E-state index in [-0.39, 0.29) is 12.1 Å². The first-order chi connectivity index (χ1) is 7.41. The summed E-state index contributed by atoms with van der Waals surface area (Å²) < 4.78 is 29.8. The van der Waals surface area contributed by atoms with E-state index in [2.05, 4.69) is 5.32 Å². The Bertz CT molecular complexity index is 382. The molecule has 0 bridgehead atoms. The normalized spacial score (nSPS) is 17.5. The third-order valence-corrected chi connectivity index (χ3v) is 1.36. The molecule has 1 rings (SSSR count). The molecular formula is C9H13NO2. The van der Waals surface area contributed by atoms with Crippen LogP contribution in [0.25, 0.3) is 0 Å². The Morgan fingerprint density at radius 3 is 3.08 bits per heavy atom. The van der Waals surface area contributed by atoms with E-state index < -0.39 is 36.0 Å². The van der Waals surface area contributed by atoms with E-state index in [0.717, 1.165) is 0 Å². The fourth-order valence-corrected chi connectivity index (χ4v) is 0.810. The Hall–Kier alpha value is -1.06. The molecule has 0 saturated carbocycles. The number of likely N-dealkylation sites (N-methyl/N-ethyl adjacent to an activating group) is 1. The molecule has 0 aromatic heterocycles. The van der Waals surface area contributed by atoms with Crippen molar-refractivity contribution in [2.75, 3.05) is 13.6 Å². The smallest absolute Gasteiger partial charge is 0.115 e. The largest absolute Gasteiger partial charge is 0.508 e. The van der Waals surface area contributed by atoms with Crippen LogP contribution < -0.4 is 5.32 Å². The van der Waals surface area contributed by atoms with Crippen molar-refractivity contribution in [3.8, 4) is 5.75 Å². The van der Waals surface area contributed by atoms with Crippen molar-refractivity contribution in [3.05, 3.63) is 29.7 Å². The highest BCUT2D eigenvalue weighted by molar-refractivity contribution is 5.28. The fraction of sp³-hybridized carbons (Fsp3) is 0.333. The zero-order valence-electron chi connectivity index (χ0n) is 10.7. The number of aromatic hydroxyl groups is 1. The minimum absolute atomic E-state index is 0.105. The molecule has 3 heteroatoms. The van der Waals surface area contributed by atoms with Crippen LogP contribution in [0, 0.1) is 0 Å². The predicted molar refractivity (Wildman–Crippen MR) is 47.0 cm³/mol. The lowest BCUT2D eigenvalue weighted by atomic mass is 10.1. The van der Waals surface area contributed by atoms with Gasteiger partial charge in [-0.2, -0.15) is 0 Å². The highest BCUT2D eigenvalue weighted by Gasteiger charge is 2.05. The van der Waals surface area contributed by atoms with E-state index in [1.807, 2.05) is 0 Å². The number of hydrogen-bond acceptors (Lipinski definition) is 3. The molecule has 1 aromatic rings. The van der Waals surface area contributed by atoms with Crippen molar-refractivity contribution in [3.63, 3.8) is 0 Å². The van der Waals surface area contributed by atoms with Crippen LogP contribution in [0.5, 0.6) is 5.75 Å². The average molecular weight is 171 g/mol. The van der Waals surface area contributed by atoms with E-state index >= 15 is 0 Å². The molecule has 0 spiro atoms. The van der Waals surface area contributed by atoms with E-state index in [0.29, 0.717) is 0 Å². The molecule has 0 aliphatic heterocycles. The van der Waals surface area contributed by atoms with E-state index in [1.165, 1.54) is 0 Å². The van der Waals surface area contributed by atoms with Crippen LogP contribution in [0.15, 0.2) is 24.2 Å². The Balaban J connectivity index is 3.39. The molecule has 0 heterocycles. The van der Waals surface area contributed by atoms with Gasteiger partial charge in [-0.05, 0) is 24.7 Å². The van der Waals surface area contributed by atoms with Crippen LogP contribution in [0.3, 0.4) is 0 Å². The summed E-state index contributed by atoms with van der Waals surface area (Å²) in [6.45, 7) is 0.105. The van der Waals surface area contributed by atoms with Crippen LogP contribution in [0.4, 0.5) is 0 Å². The summed E-state index contributed by atoms with van der Waals surface area (Å²) in [5, 5.41) is 21.7. The summed E-state index contributed by atoms with van der Waals surface area (Å²) in [6, 6.07) is -1.90. The molecule has 0 aliphatic carbocycles. The highest BCUT2D eigenvalue weighted by Crippen LogP contribution is 2.17. The minimum Gasteiger partial charge on any atom is -0.508 e. The second kappa shape index (κ2) is 4.09. The van der Waals surface area contributed by atoms with Crippen LogP contribution in [0.1, 0.15) is 17.2 Å². The maximum Gasteiger partial charge on any atom is 0.115 e. The molecule has 0 amide bonds. The van der Waals surface area contributed by atoms with Gasteiger partial charge in [-0.1, -0.05) is 12.1 Å². The van der Waals surface area contributed by atoms with Gasteiger partial charge in [0.05, 0.1) is 11.6 Å². The highest BCUT2D eigenvalue weighted by atomic mass is 16.3. The first kappa shape index (κ1) is 4.84. The number of phenols is 1. The van der Waals surface area contributed by atoms with Crippen molar-refractivity contribution in [1.29, 1.82) is 0 Å². The second-order valence-corrected chi connectivity index (χ2v) is 2.34. The van der Waals surface area contributed by atoms with Crippen molar-refractivity contribution in [2.45, 2.75) is 6.10 Å². The second-order valence-electron chi connectivity index (χ2n) is 2.34. The molecule has 0 fully saturated rings. The molecule has 0 aliphatic rings. The maximum atomic E-state index is 9.66. The fourth-order valence-electron chi connectivity index (χ4n) is 0.810. The monoisotopic (exact) mass is 171 g/mol. The molecule has 0 saturated heterocycles. The number of hydrogen-bond donors (Lipinski definition) is 3. The van der Waals surface area contributed by atoms with Crippen molar-refractivity contribution < 1.29 is 15.7 Å². The summed E-state index contributed by atoms with van der Waals surface area (Å²) in [4.78, 5) is 0. The van der Waals surface area contributed by atoms with Crippen molar-refractivity contribution in [1.82, 2.24) is 5.32 Å². The Labute approximate surface area is 77.3 Å². The van der Waals surface area contributed by atoms with Gasteiger partial charge in [0.25, 0.3) is 0 Å². The first-order valence-electron chi connectivity index (χ1n) is 5.53. The molecule has 3 N–H and O–H groups in total. The number of aliphatic hydroxyl groups is 1. The van der Waals surface area contributed by atoms with E-state index in [4.69, 9.17) is 5.48 Å². The lowest BCUT2D eigenvalue weighted by Gasteiger charge is -2.09. The maximum absolute atomic E-state index is 9.66. The van der Waals surface area contributed by atoms with Crippen LogP contribution in [-0.4, -0.2) is 23.8 Å². The molecule has 0 radical (unpaired) electrons. The molecule has 0 unspecified atom stereocenters. The molecule has 1 aromatic carbocycles. The zero-order chi connectivity index (χ0) is 12.5. The van der Waals surface area contributed by atoms with Gasteiger partial charge in [-0.3, -0.25) is 0 Å². The van der Waals surface area contributed by atoms with Gasteiger partial charge in [0.1, 0.15) is 5.75 Å². The van der Waals surface area contributed by atoms with E-state index in [1.54, 1.807) is 7.05 Å². The lowest BCUT2D eigenvalue weighted by Crippen LogP contribution is -2.16. The van der Waals surface area contributed by atoms with Gasteiger partial charge in [0.15, 0.2) is 0 Å². The number of aliphatic hydroxyl groups excluding tert-OH is 1. The first-order valence-corrected chi connectivity index (χ1v) is 3.53. The van der Waals surface area contributed by atoms with Crippen LogP contribution in [-0.2, 0) is 0 Å². The Kier molecular flexibility index (Phi) is 1.65. The summed E-state index contributed by atoms with van der Waals surface area (Å²) in [7, 11) is 1.59. The van der Waals surface area contributed by atoms with Gasteiger partial charge in [0, 0.05) is 6.54 Å². The van der Waals surface area contributed by atoms with Gasteiger partial charge >= 0.3 is 0 Å². The Morgan fingerprint density at radius 2 is 2.42 bits per heavy atom. The number of phenolic OH excluding ortho intramolecular Hbond substituents is 1.